The van der Waals surface area contributed by atoms with Crippen molar-refractivity contribution in [3.8, 4) is 0 Å². The van der Waals surface area contributed by atoms with Crippen molar-refractivity contribution in [1.29, 1.82) is 0 Å². The Kier molecular flexibility index (Phi) is 8.02. The van der Waals surface area contributed by atoms with Gasteiger partial charge in [0.25, 0.3) is 0 Å². The van der Waals surface area contributed by atoms with Crippen LogP contribution in [0.4, 0.5) is 0 Å². The molecular weight excluding hydrogens is 291 g/mol. The Labute approximate surface area is 125 Å². The predicted molar refractivity (Wildman–Crippen MR) is 80.5 cm³/mol. The molecule has 0 aromatic rings. The molecule has 0 radical (unpaired) electrons. The Bertz CT molecular complexity index is 248. The molecule has 2 atom stereocenters. The van der Waals surface area contributed by atoms with Crippen molar-refractivity contribution in [3.05, 3.63) is 12.2 Å². The van der Waals surface area contributed by atoms with Gasteiger partial charge in [-0.25, -0.2) is 0 Å². The van der Waals surface area contributed by atoms with E-state index in [1.165, 1.54) is 38.5 Å². The molecule has 0 bridgehead atoms. The van der Waals surface area contributed by atoms with Crippen LogP contribution in [0.5, 0.6) is 0 Å². The van der Waals surface area contributed by atoms with Crippen LogP contribution in [0.1, 0.15) is 57.8 Å². The van der Waals surface area contributed by atoms with Gasteiger partial charge in [-0.1, -0.05) is 85.5 Å². The number of allylic oxidation sites excluding steroid dienone is 1. The highest BCUT2D eigenvalue weighted by atomic mass is 35.6. The summed E-state index contributed by atoms with van der Waals surface area (Å²) < 4.78 is -1.59. The third-order valence-corrected chi connectivity index (χ3v) is 4.20. The van der Waals surface area contributed by atoms with Gasteiger partial charge in [0, 0.05) is 5.92 Å². The van der Waals surface area contributed by atoms with E-state index >= 15 is 0 Å². The Hall–Kier alpha value is 0.570. The van der Waals surface area contributed by atoms with Crippen molar-refractivity contribution >= 4 is 34.8 Å². The second-order valence-electron chi connectivity index (χ2n) is 5.13. The van der Waals surface area contributed by atoms with Crippen LogP contribution in [-0.2, 0) is 0 Å². The normalized spacial score (nSPS) is 26.1. The maximum Gasteiger partial charge on any atom is 0.216 e. The van der Waals surface area contributed by atoms with Crippen LogP contribution in [0.15, 0.2) is 12.2 Å². The van der Waals surface area contributed by atoms with Gasteiger partial charge in [0.2, 0.25) is 3.79 Å². The molecule has 1 aliphatic carbocycles. The lowest BCUT2D eigenvalue weighted by Crippen LogP contribution is -2.32. The van der Waals surface area contributed by atoms with Crippen molar-refractivity contribution < 1.29 is 5.11 Å². The lowest BCUT2D eigenvalue weighted by atomic mass is 9.93. The summed E-state index contributed by atoms with van der Waals surface area (Å²) in [5, 5.41) is 10.1. The summed E-state index contributed by atoms with van der Waals surface area (Å²) in [7, 11) is 0. The Balaban J connectivity index is 2.57. The molecule has 0 aliphatic heterocycles. The molecule has 0 amide bonds. The zero-order valence-electron chi connectivity index (χ0n) is 10.8. The van der Waals surface area contributed by atoms with Crippen LogP contribution in [0.2, 0.25) is 0 Å². The molecule has 2 unspecified atom stereocenters. The smallest absolute Gasteiger partial charge is 0.216 e. The quantitative estimate of drug-likeness (QED) is 0.506. The largest absolute Gasteiger partial charge is 0.388 e. The fourth-order valence-corrected chi connectivity index (χ4v) is 2.88. The third kappa shape index (κ3) is 6.65. The molecule has 18 heavy (non-hydrogen) atoms. The first-order valence-corrected chi connectivity index (χ1v) is 8.06. The van der Waals surface area contributed by atoms with Gasteiger partial charge in [0.05, 0.1) is 0 Å². The van der Waals surface area contributed by atoms with Crippen molar-refractivity contribution in [2.24, 2.45) is 5.92 Å². The molecule has 1 N–H and O–H groups in total. The summed E-state index contributed by atoms with van der Waals surface area (Å²) in [6, 6.07) is 0. The first kappa shape index (κ1) is 16.6. The van der Waals surface area contributed by atoms with Gasteiger partial charge < -0.3 is 5.11 Å². The first-order chi connectivity index (χ1) is 8.52. The fourth-order valence-electron chi connectivity index (χ4n) is 2.40. The minimum atomic E-state index is -1.59. The highest BCUT2D eigenvalue weighted by molar-refractivity contribution is 6.68. The number of hydrogen-bond donors (Lipinski definition) is 1. The number of aliphatic hydroxyl groups excluding tert-OH is 1. The van der Waals surface area contributed by atoms with E-state index in [9.17, 15) is 5.11 Å². The molecule has 106 valence electrons. The maximum absolute atomic E-state index is 10.1. The lowest BCUT2D eigenvalue weighted by Gasteiger charge is -2.26. The minimum absolute atomic E-state index is 0.0445. The molecule has 0 heterocycles. The average molecular weight is 314 g/mol. The van der Waals surface area contributed by atoms with Crippen LogP contribution in [-0.4, -0.2) is 15.0 Å². The highest BCUT2D eigenvalue weighted by Crippen LogP contribution is 2.36. The van der Waals surface area contributed by atoms with E-state index < -0.39 is 9.90 Å². The molecule has 0 fully saturated rings. The second-order valence-corrected chi connectivity index (χ2v) is 7.50. The summed E-state index contributed by atoms with van der Waals surface area (Å²) in [5.74, 6) is -0.0445. The molecule has 1 rings (SSSR count). The van der Waals surface area contributed by atoms with Gasteiger partial charge in [0.1, 0.15) is 6.10 Å². The average Bonchev–Trinajstić information content (AvgIpc) is 2.28. The zero-order chi connectivity index (χ0) is 13.4. The van der Waals surface area contributed by atoms with Gasteiger partial charge in [-0.05, 0) is 19.3 Å². The minimum Gasteiger partial charge on any atom is -0.388 e. The summed E-state index contributed by atoms with van der Waals surface area (Å²) in [4.78, 5) is 0. The van der Waals surface area contributed by atoms with Gasteiger partial charge >= 0.3 is 0 Å². The van der Waals surface area contributed by atoms with Gasteiger partial charge in [0.15, 0.2) is 0 Å². The maximum atomic E-state index is 10.1. The molecular formula is C14H23Cl3O. The van der Waals surface area contributed by atoms with Crippen LogP contribution >= 0.6 is 34.8 Å². The van der Waals surface area contributed by atoms with Crippen molar-refractivity contribution in [3.63, 3.8) is 0 Å². The summed E-state index contributed by atoms with van der Waals surface area (Å²) >= 11 is 17.4. The summed E-state index contributed by atoms with van der Waals surface area (Å²) in [6.45, 7) is 0. The van der Waals surface area contributed by atoms with E-state index in [-0.39, 0.29) is 5.92 Å². The number of aliphatic hydroxyl groups is 1. The van der Waals surface area contributed by atoms with Crippen LogP contribution in [0.3, 0.4) is 0 Å². The van der Waals surface area contributed by atoms with E-state index in [0.717, 1.165) is 19.3 Å². The standard InChI is InChI=1S/C14H23Cl3O/c15-14(16,17)13(18)12-10-8-6-4-2-1-3-5-7-9-11-12/h8,10,12-13,18H,1-7,9,11H2. The van der Waals surface area contributed by atoms with Gasteiger partial charge in [-0.2, -0.15) is 0 Å². The van der Waals surface area contributed by atoms with E-state index in [2.05, 4.69) is 6.08 Å². The Morgan fingerprint density at radius 1 is 0.944 bits per heavy atom. The number of halogens is 3. The van der Waals surface area contributed by atoms with E-state index in [4.69, 9.17) is 34.8 Å². The molecule has 4 heteroatoms. The van der Waals surface area contributed by atoms with Crippen LogP contribution < -0.4 is 0 Å². The molecule has 0 aromatic carbocycles. The molecule has 0 aromatic heterocycles. The Morgan fingerprint density at radius 2 is 1.50 bits per heavy atom. The molecule has 1 aliphatic rings. The molecule has 0 saturated carbocycles. The van der Waals surface area contributed by atoms with Crippen molar-refractivity contribution in [2.75, 3.05) is 0 Å². The number of alkyl halides is 3. The van der Waals surface area contributed by atoms with Crippen molar-refractivity contribution in [1.82, 2.24) is 0 Å². The number of hydrogen-bond acceptors (Lipinski definition) is 1. The molecule has 1 nitrogen and oxygen atoms in total. The first-order valence-electron chi connectivity index (χ1n) is 6.93. The summed E-state index contributed by atoms with van der Waals surface area (Å²) in [5.41, 5.74) is 0. The van der Waals surface area contributed by atoms with Gasteiger partial charge in [-0.15, -0.1) is 0 Å². The van der Waals surface area contributed by atoms with Crippen LogP contribution in [0.25, 0.3) is 0 Å². The van der Waals surface area contributed by atoms with E-state index in [1.807, 2.05) is 6.08 Å². The van der Waals surface area contributed by atoms with Crippen LogP contribution in [0, 0.1) is 5.92 Å². The highest BCUT2D eigenvalue weighted by Gasteiger charge is 2.35. The Morgan fingerprint density at radius 3 is 2.11 bits per heavy atom. The SMILES string of the molecule is OC(C1C=CCCCCCCCCC1)C(Cl)(Cl)Cl. The van der Waals surface area contributed by atoms with E-state index in [0.29, 0.717) is 0 Å². The monoisotopic (exact) mass is 312 g/mol. The molecule has 0 spiro atoms. The zero-order valence-corrected chi connectivity index (χ0v) is 13.0. The number of rotatable bonds is 1. The molecule has 0 saturated heterocycles. The fraction of sp³-hybridized carbons (Fsp3) is 0.857. The summed E-state index contributed by atoms with van der Waals surface area (Å²) in [6.07, 6.45) is 13.9. The predicted octanol–water partition coefficient (Wildman–Crippen LogP) is 5.41. The second kappa shape index (κ2) is 8.68. The lowest BCUT2D eigenvalue weighted by molar-refractivity contribution is 0.127. The van der Waals surface area contributed by atoms with Gasteiger partial charge in [-0.3, -0.25) is 0 Å². The third-order valence-electron chi connectivity index (χ3n) is 3.53. The van der Waals surface area contributed by atoms with Crippen molar-refractivity contribution in [2.45, 2.75) is 67.7 Å². The van der Waals surface area contributed by atoms with E-state index in [1.54, 1.807) is 0 Å². The topological polar surface area (TPSA) is 20.2 Å².